The number of benzene rings is 1. The summed E-state index contributed by atoms with van der Waals surface area (Å²) in [6, 6.07) is 11.7. The highest BCUT2D eigenvalue weighted by atomic mass is 32.1. The number of thiophene rings is 1. The second-order valence-electron chi connectivity index (χ2n) is 5.21. The first-order valence-electron chi connectivity index (χ1n) is 7.54. The van der Waals surface area contributed by atoms with Gasteiger partial charge in [-0.05, 0) is 35.2 Å². The molecule has 1 aliphatic rings. The van der Waals surface area contributed by atoms with Crippen LogP contribution in [0.15, 0.2) is 41.8 Å². The molecule has 0 aliphatic carbocycles. The molecule has 2 heterocycles. The van der Waals surface area contributed by atoms with Crippen LogP contribution < -0.4 is 4.74 Å². The van der Waals surface area contributed by atoms with E-state index in [4.69, 9.17) is 9.47 Å². The largest absolute Gasteiger partial charge is 0.497 e. The summed E-state index contributed by atoms with van der Waals surface area (Å²) in [4.78, 5) is 15.8. The van der Waals surface area contributed by atoms with Crippen molar-refractivity contribution >= 4 is 28.9 Å². The molecular weight excluding hydrogens is 310 g/mol. The number of hydrogen-bond donors (Lipinski definition) is 0. The second-order valence-corrected chi connectivity index (χ2v) is 6.16. The number of hydrogen-bond acceptors (Lipinski definition) is 4. The van der Waals surface area contributed by atoms with Crippen LogP contribution >= 0.6 is 11.3 Å². The molecule has 0 N–H and O–H groups in total. The topological polar surface area (TPSA) is 38.8 Å². The van der Waals surface area contributed by atoms with Gasteiger partial charge in [0.15, 0.2) is 0 Å². The third kappa shape index (κ3) is 3.81. The molecule has 0 radical (unpaired) electrons. The Morgan fingerprint density at radius 3 is 2.57 bits per heavy atom. The van der Waals surface area contributed by atoms with Gasteiger partial charge >= 0.3 is 0 Å². The SMILES string of the molecule is COc1ccc(/C=C(/C(=O)N2CCOCC2)c2cccs2)cc1. The fourth-order valence-electron chi connectivity index (χ4n) is 2.47. The van der Waals surface area contributed by atoms with Gasteiger partial charge in [0.2, 0.25) is 0 Å². The number of amides is 1. The van der Waals surface area contributed by atoms with Crippen LogP contribution in [0.5, 0.6) is 5.75 Å². The van der Waals surface area contributed by atoms with Crippen LogP contribution in [0.4, 0.5) is 0 Å². The number of nitrogens with zero attached hydrogens (tertiary/aromatic N) is 1. The van der Waals surface area contributed by atoms with Gasteiger partial charge in [-0.25, -0.2) is 0 Å². The zero-order chi connectivity index (χ0) is 16.1. The van der Waals surface area contributed by atoms with Gasteiger partial charge in [-0.2, -0.15) is 0 Å². The molecule has 1 fully saturated rings. The Hall–Kier alpha value is -2.11. The first-order chi connectivity index (χ1) is 11.3. The number of ether oxygens (including phenoxy) is 2. The Morgan fingerprint density at radius 1 is 1.22 bits per heavy atom. The first kappa shape index (κ1) is 15.8. The summed E-state index contributed by atoms with van der Waals surface area (Å²) in [7, 11) is 1.64. The van der Waals surface area contributed by atoms with Crippen LogP contribution in [-0.2, 0) is 9.53 Å². The highest BCUT2D eigenvalue weighted by Crippen LogP contribution is 2.26. The summed E-state index contributed by atoms with van der Waals surface area (Å²) in [5, 5.41) is 1.99. The molecule has 0 bridgehead atoms. The Bertz CT molecular complexity index is 671. The predicted molar refractivity (Wildman–Crippen MR) is 92.6 cm³/mol. The molecule has 1 aromatic carbocycles. The van der Waals surface area contributed by atoms with Gasteiger partial charge in [0.25, 0.3) is 5.91 Å². The van der Waals surface area contributed by atoms with Gasteiger partial charge < -0.3 is 14.4 Å². The standard InChI is InChI=1S/C18H19NO3S/c1-21-15-6-4-14(5-7-15)13-16(17-3-2-12-23-17)18(20)19-8-10-22-11-9-19/h2-7,12-13H,8-11H2,1H3/b16-13+. The molecule has 0 unspecified atom stereocenters. The van der Waals surface area contributed by atoms with Crippen LogP contribution in [0, 0.1) is 0 Å². The minimum Gasteiger partial charge on any atom is -0.497 e. The molecule has 0 spiro atoms. The van der Waals surface area contributed by atoms with Crippen molar-refractivity contribution in [1.82, 2.24) is 4.90 Å². The molecule has 1 saturated heterocycles. The molecule has 0 atom stereocenters. The van der Waals surface area contributed by atoms with E-state index in [9.17, 15) is 4.79 Å². The highest BCUT2D eigenvalue weighted by Gasteiger charge is 2.22. The van der Waals surface area contributed by atoms with E-state index in [1.54, 1.807) is 18.4 Å². The molecule has 0 saturated carbocycles. The summed E-state index contributed by atoms with van der Waals surface area (Å²) in [5.74, 6) is 0.867. The fourth-order valence-corrected chi connectivity index (χ4v) is 3.21. The molecule has 4 nitrogen and oxygen atoms in total. The molecule has 1 amide bonds. The van der Waals surface area contributed by atoms with E-state index in [0.717, 1.165) is 21.8 Å². The smallest absolute Gasteiger partial charge is 0.255 e. The van der Waals surface area contributed by atoms with Gasteiger partial charge in [-0.3, -0.25) is 4.79 Å². The van der Waals surface area contributed by atoms with Crippen LogP contribution in [0.1, 0.15) is 10.4 Å². The molecule has 23 heavy (non-hydrogen) atoms. The third-order valence-corrected chi connectivity index (χ3v) is 4.65. The summed E-state index contributed by atoms with van der Waals surface area (Å²) < 4.78 is 10.5. The maximum Gasteiger partial charge on any atom is 0.255 e. The van der Waals surface area contributed by atoms with Gasteiger partial charge in [0.05, 0.1) is 25.9 Å². The molecule has 5 heteroatoms. The number of morpholine rings is 1. The lowest BCUT2D eigenvalue weighted by atomic mass is 10.1. The van der Waals surface area contributed by atoms with Crippen molar-refractivity contribution in [2.75, 3.05) is 33.4 Å². The van der Waals surface area contributed by atoms with Crippen molar-refractivity contribution in [3.8, 4) is 5.75 Å². The van der Waals surface area contributed by atoms with E-state index >= 15 is 0 Å². The van der Waals surface area contributed by atoms with E-state index in [2.05, 4.69) is 0 Å². The average Bonchev–Trinajstić information content (AvgIpc) is 3.15. The Kier molecular flexibility index (Phi) is 5.10. The van der Waals surface area contributed by atoms with E-state index in [1.807, 2.05) is 52.8 Å². The maximum atomic E-state index is 12.9. The minimum atomic E-state index is 0.0616. The van der Waals surface area contributed by atoms with Crippen molar-refractivity contribution in [2.45, 2.75) is 0 Å². The molecule has 1 aromatic heterocycles. The minimum absolute atomic E-state index is 0.0616. The lowest BCUT2D eigenvalue weighted by Gasteiger charge is -2.27. The van der Waals surface area contributed by atoms with Crippen LogP contribution in [-0.4, -0.2) is 44.2 Å². The summed E-state index contributed by atoms with van der Waals surface area (Å²) in [5.41, 5.74) is 1.71. The van der Waals surface area contributed by atoms with Gasteiger partial charge in [0, 0.05) is 18.0 Å². The predicted octanol–water partition coefficient (Wildman–Crippen LogP) is 3.16. The number of rotatable bonds is 4. The van der Waals surface area contributed by atoms with Crippen molar-refractivity contribution in [2.24, 2.45) is 0 Å². The molecule has 1 aliphatic heterocycles. The van der Waals surface area contributed by atoms with E-state index in [1.165, 1.54) is 0 Å². The van der Waals surface area contributed by atoms with E-state index in [0.29, 0.717) is 26.3 Å². The van der Waals surface area contributed by atoms with Crippen molar-refractivity contribution in [3.63, 3.8) is 0 Å². The second kappa shape index (κ2) is 7.44. The zero-order valence-electron chi connectivity index (χ0n) is 13.0. The van der Waals surface area contributed by atoms with Gasteiger partial charge in [0.1, 0.15) is 5.75 Å². The highest BCUT2D eigenvalue weighted by molar-refractivity contribution is 7.11. The Labute approximate surface area is 140 Å². The average molecular weight is 329 g/mol. The molecule has 3 rings (SSSR count). The number of methoxy groups -OCH3 is 1. The van der Waals surface area contributed by atoms with Crippen LogP contribution in [0.2, 0.25) is 0 Å². The normalized spacial score (nSPS) is 15.5. The lowest BCUT2D eigenvalue weighted by Crippen LogP contribution is -2.41. The fraction of sp³-hybridized carbons (Fsp3) is 0.278. The zero-order valence-corrected chi connectivity index (χ0v) is 13.8. The van der Waals surface area contributed by atoms with E-state index < -0.39 is 0 Å². The maximum absolute atomic E-state index is 12.9. The third-order valence-electron chi connectivity index (χ3n) is 3.74. The van der Waals surface area contributed by atoms with Crippen LogP contribution in [0.25, 0.3) is 11.6 Å². The number of carbonyl (C=O) groups excluding carboxylic acids is 1. The summed E-state index contributed by atoms with van der Waals surface area (Å²) in [6.45, 7) is 2.49. The first-order valence-corrected chi connectivity index (χ1v) is 8.42. The molecule has 120 valence electrons. The summed E-state index contributed by atoms with van der Waals surface area (Å²) >= 11 is 1.58. The van der Waals surface area contributed by atoms with Crippen molar-refractivity contribution in [3.05, 3.63) is 52.2 Å². The monoisotopic (exact) mass is 329 g/mol. The lowest BCUT2D eigenvalue weighted by molar-refractivity contribution is -0.128. The number of carbonyl (C=O) groups is 1. The quantitative estimate of drug-likeness (QED) is 0.809. The van der Waals surface area contributed by atoms with Gasteiger partial charge in [-0.15, -0.1) is 11.3 Å². The summed E-state index contributed by atoms with van der Waals surface area (Å²) in [6.07, 6.45) is 1.95. The Morgan fingerprint density at radius 2 is 1.96 bits per heavy atom. The molecule has 2 aromatic rings. The Balaban J connectivity index is 1.91. The van der Waals surface area contributed by atoms with Gasteiger partial charge in [-0.1, -0.05) is 18.2 Å². The molecular formula is C18H19NO3S. The van der Waals surface area contributed by atoms with Crippen molar-refractivity contribution < 1.29 is 14.3 Å². The van der Waals surface area contributed by atoms with Crippen molar-refractivity contribution in [1.29, 1.82) is 0 Å². The van der Waals surface area contributed by atoms with E-state index in [-0.39, 0.29) is 5.91 Å². The van der Waals surface area contributed by atoms with Crippen LogP contribution in [0.3, 0.4) is 0 Å².